The number of aromatic nitrogens is 3. The highest BCUT2D eigenvalue weighted by atomic mass is 35.5. The maximum Gasteiger partial charge on any atom is 0.252 e. The Labute approximate surface area is 249 Å². The van der Waals surface area contributed by atoms with Crippen LogP contribution in [-0.2, 0) is 24.3 Å². The van der Waals surface area contributed by atoms with Crippen LogP contribution in [0.25, 0.3) is 22.2 Å². The number of piperazine rings is 1. The van der Waals surface area contributed by atoms with Gasteiger partial charge in [0.1, 0.15) is 29.3 Å². The van der Waals surface area contributed by atoms with Crippen LogP contribution in [0.4, 0.5) is 8.78 Å². The molecule has 0 saturated carbocycles. The fraction of sp³-hybridized carbons (Fsp3) is 0.357. The van der Waals surface area contributed by atoms with Gasteiger partial charge in [-0.05, 0) is 19.5 Å². The van der Waals surface area contributed by atoms with Crippen LogP contribution in [0.1, 0.15) is 22.6 Å². The third kappa shape index (κ3) is 5.10. The molecule has 1 saturated heterocycles. The van der Waals surface area contributed by atoms with E-state index in [9.17, 15) is 19.1 Å². The molecule has 0 aliphatic carbocycles. The van der Waals surface area contributed by atoms with Gasteiger partial charge < -0.3 is 40.4 Å². The summed E-state index contributed by atoms with van der Waals surface area (Å²) in [6, 6.07) is 0.941. The van der Waals surface area contributed by atoms with Gasteiger partial charge in [-0.2, -0.15) is 4.39 Å². The number of halogens is 3. The van der Waals surface area contributed by atoms with Gasteiger partial charge in [-0.15, -0.1) is 0 Å². The molecular weight excluding hydrogens is 584 g/mol. The third-order valence-corrected chi connectivity index (χ3v) is 8.39. The lowest BCUT2D eigenvalue weighted by atomic mass is 10.0. The van der Waals surface area contributed by atoms with Gasteiger partial charge in [-0.1, -0.05) is 11.6 Å². The molecule has 6 N–H and O–H groups in total. The molecule has 15 heteroatoms. The average Bonchev–Trinajstić information content (AvgIpc) is 3.59. The number of nitrogens with two attached hydrogens (primary N) is 1. The van der Waals surface area contributed by atoms with Crippen LogP contribution in [0, 0.1) is 17.0 Å². The molecular formula is C28H30ClF2N9O3. The van der Waals surface area contributed by atoms with E-state index in [2.05, 4.69) is 32.5 Å². The predicted molar refractivity (Wildman–Crippen MR) is 154 cm³/mol. The lowest BCUT2D eigenvalue weighted by molar-refractivity contribution is -0.120. The quantitative estimate of drug-likeness (QED) is 0.280. The smallest absolute Gasteiger partial charge is 0.252 e. The molecule has 0 radical (unpaired) electrons. The summed E-state index contributed by atoms with van der Waals surface area (Å²) in [6.45, 7) is 4.03. The maximum atomic E-state index is 15.3. The molecule has 1 fully saturated rings. The summed E-state index contributed by atoms with van der Waals surface area (Å²) >= 11 is 6.46. The lowest BCUT2D eigenvalue weighted by Crippen LogP contribution is -2.47. The number of likely N-dealkylation sites (N-methyl/N-ethyl adjacent to an activating group) is 1. The molecule has 3 aliphatic rings. The number of carbonyl (C=O) groups excluding carboxylic acids is 2. The Morgan fingerprint density at radius 3 is 2.65 bits per heavy atom. The number of dihydropyridines is 1. The van der Waals surface area contributed by atoms with Gasteiger partial charge in [-0.3, -0.25) is 15.0 Å². The number of carbonyl (C=O) groups is 2. The molecule has 0 atom stereocenters. The minimum atomic E-state index is -1.64. The number of nitrogens with zero attached hydrogens (tertiary/aromatic N) is 5. The number of fused-ring (bicyclic) bond motifs is 2. The van der Waals surface area contributed by atoms with E-state index >= 15 is 4.39 Å². The molecule has 12 nitrogen and oxygen atoms in total. The minimum Gasteiger partial charge on any atom is -0.504 e. The molecule has 2 amide bonds. The largest absolute Gasteiger partial charge is 0.504 e. The summed E-state index contributed by atoms with van der Waals surface area (Å²) in [5.41, 5.74) is 4.98. The Morgan fingerprint density at radius 2 is 1.93 bits per heavy atom. The summed E-state index contributed by atoms with van der Waals surface area (Å²) < 4.78 is 33.1. The van der Waals surface area contributed by atoms with Crippen molar-refractivity contribution in [1.82, 2.24) is 34.6 Å². The Morgan fingerprint density at radius 1 is 1.19 bits per heavy atom. The van der Waals surface area contributed by atoms with E-state index in [1.807, 2.05) is 0 Å². The van der Waals surface area contributed by atoms with Gasteiger partial charge in [0.15, 0.2) is 11.6 Å². The third-order valence-electron chi connectivity index (χ3n) is 8.05. The summed E-state index contributed by atoms with van der Waals surface area (Å²) in [6.07, 6.45) is 4.53. The Hall–Kier alpha value is -4.43. The van der Waals surface area contributed by atoms with Gasteiger partial charge in [0.05, 0.1) is 28.2 Å². The molecule has 5 heterocycles. The number of nitrogens with one attached hydrogen (secondary N) is 3. The van der Waals surface area contributed by atoms with E-state index in [0.717, 1.165) is 44.5 Å². The van der Waals surface area contributed by atoms with E-state index in [1.165, 1.54) is 10.8 Å². The van der Waals surface area contributed by atoms with E-state index < -0.39 is 40.3 Å². The van der Waals surface area contributed by atoms with Crippen molar-refractivity contribution >= 4 is 34.4 Å². The number of allylic oxidation sites excluding steroid dienone is 1. The first kappa shape index (κ1) is 28.7. The molecule has 3 aliphatic heterocycles. The van der Waals surface area contributed by atoms with Crippen LogP contribution in [0.5, 0.6) is 5.75 Å². The van der Waals surface area contributed by atoms with Crippen molar-refractivity contribution in [3.8, 4) is 16.9 Å². The van der Waals surface area contributed by atoms with Gasteiger partial charge in [0.25, 0.3) is 5.91 Å². The topological polar surface area (TPSA) is 158 Å². The number of aryl methyl sites for hydroxylation is 1. The van der Waals surface area contributed by atoms with E-state index in [1.54, 1.807) is 10.6 Å². The minimum absolute atomic E-state index is 0.00373. The number of primary amides is 1. The standard InChI is InChI=1S/C28H30ClF2N9O3/c1-37-5-7-38(8-6-37)20-10-18(17(29)11-34-20)35-21(41)13-39-12-16(14-9-15(27(33)43)25(42)24(31)23(14)30)22-26(32)40-4-2-3-19(40)36-28(22)39/h9-10,12,32,34,42H,2-8,11,13H2,1H3,(H2,33,43)(H,35,41). The molecule has 0 spiro atoms. The monoisotopic (exact) mass is 613 g/mol. The van der Waals surface area contributed by atoms with Crippen molar-refractivity contribution < 1.29 is 23.5 Å². The molecule has 6 rings (SSSR count). The first-order valence-corrected chi connectivity index (χ1v) is 14.2. The van der Waals surface area contributed by atoms with Crippen molar-refractivity contribution in [3.63, 3.8) is 0 Å². The fourth-order valence-corrected chi connectivity index (χ4v) is 5.89. The van der Waals surface area contributed by atoms with E-state index in [-0.39, 0.29) is 28.6 Å². The first-order chi connectivity index (χ1) is 20.5. The van der Waals surface area contributed by atoms with Crippen molar-refractivity contribution in [1.29, 1.82) is 5.41 Å². The van der Waals surface area contributed by atoms with Gasteiger partial charge >= 0.3 is 0 Å². The zero-order valence-electron chi connectivity index (χ0n) is 23.3. The molecule has 3 aromatic rings. The van der Waals surface area contributed by atoms with Gasteiger partial charge in [-0.25, -0.2) is 9.37 Å². The Balaban J connectivity index is 1.38. The second kappa shape index (κ2) is 11.0. The highest BCUT2D eigenvalue weighted by Crippen LogP contribution is 2.36. The van der Waals surface area contributed by atoms with Crippen LogP contribution in [0.3, 0.4) is 0 Å². The number of amides is 2. The van der Waals surface area contributed by atoms with Gasteiger partial charge in [0.2, 0.25) is 11.7 Å². The van der Waals surface area contributed by atoms with Crippen LogP contribution >= 0.6 is 11.6 Å². The average molecular weight is 614 g/mol. The van der Waals surface area contributed by atoms with Crippen LogP contribution < -0.4 is 21.9 Å². The summed E-state index contributed by atoms with van der Waals surface area (Å²) in [7, 11) is 2.06. The number of benzene rings is 1. The molecule has 226 valence electrons. The maximum absolute atomic E-state index is 15.3. The number of phenols is 1. The molecule has 0 unspecified atom stereocenters. The zero-order chi connectivity index (χ0) is 30.6. The number of rotatable bonds is 6. The normalized spacial score (nSPS) is 17.2. The first-order valence-electron chi connectivity index (χ1n) is 13.8. The zero-order valence-corrected chi connectivity index (χ0v) is 24.1. The summed E-state index contributed by atoms with van der Waals surface area (Å²) in [5.74, 6) is -4.40. The molecule has 1 aromatic carbocycles. The number of hydrogen-bond acceptors (Lipinski definition) is 8. The number of hydrogen-bond donors (Lipinski definition) is 5. The van der Waals surface area contributed by atoms with Crippen LogP contribution in [0.2, 0.25) is 0 Å². The second-order valence-corrected chi connectivity index (χ2v) is 11.3. The van der Waals surface area contributed by atoms with Crippen molar-refractivity contribution in [2.24, 2.45) is 5.73 Å². The molecule has 0 bridgehead atoms. The van der Waals surface area contributed by atoms with Crippen molar-refractivity contribution in [2.45, 2.75) is 25.9 Å². The van der Waals surface area contributed by atoms with E-state index in [0.29, 0.717) is 36.1 Å². The molecule has 2 aromatic heterocycles. The predicted octanol–water partition coefficient (Wildman–Crippen LogP) is 1.27. The fourth-order valence-electron chi connectivity index (χ4n) is 5.73. The van der Waals surface area contributed by atoms with Crippen molar-refractivity contribution in [2.75, 3.05) is 39.8 Å². The van der Waals surface area contributed by atoms with Crippen molar-refractivity contribution in [3.05, 3.63) is 63.4 Å². The summed E-state index contributed by atoms with van der Waals surface area (Å²) in [5, 5.41) is 25.6. The van der Waals surface area contributed by atoms with Crippen LogP contribution in [-0.4, -0.2) is 80.6 Å². The Kier molecular flexibility index (Phi) is 7.34. The van der Waals surface area contributed by atoms with Crippen LogP contribution in [0.15, 0.2) is 34.9 Å². The van der Waals surface area contributed by atoms with E-state index in [4.69, 9.17) is 22.7 Å². The van der Waals surface area contributed by atoms with Gasteiger partial charge in [0, 0.05) is 62.5 Å². The molecule has 43 heavy (non-hydrogen) atoms. The SMILES string of the molecule is CN1CCN(C2=CC(NC(=O)Cn3cc(-c4cc(C(N)=O)c(O)c(F)c4F)c4c(=N)n5c(nc43)CCC5)=C(Cl)CN2)CC1. The highest BCUT2D eigenvalue weighted by molar-refractivity contribution is 6.30. The second-order valence-electron chi connectivity index (χ2n) is 10.9. The number of aromatic hydroxyl groups is 1. The highest BCUT2D eigenvalue weighted by Gasteiger charge is 2.28. The lowest BCUT2D eigenvalue weighted by Gasteiger charge is -2.37. The Bertz CT molecular complexity index is 1810. The summed E-state index contributed by atoms with van der Waals surface area (Å²) in [4.78, 5) is 34.4.